The minimum atomic E-state index is -0.0329. The van der Waals surface area contributed by atoms with Crippen LogP contribution in [0.15, 0.2) is 24.3 Å². The highest BCUT2D eigenvalue weighted by molar-refractivity contribution is 5.93. The van der Waals surface area contributed by atoms with E-state index in [2.05, 4.69) is 34.6 Å². The minimum absolute atomic E-state index is 0. The van der Waals surface area contributed by atoms with Crippen molar-refractivity contribution >= 4 is 42.1 Å². The highest BCUT2D eigenvalue weighted by Gasteiger charge is 2.17. The van der Waals surface area contributed by atoms with Crippen LogP contribution >= 0.6 is 24.8 Å². The summed E-state index contributed by atoms with van der Waals surface area (Å²) < 4.78 is 0. The van der Waals surface area contributed by atoms with Crippen molar-refractivity contribution in [2.45, 2.75) is 26.7 Å². The Morgan fingerprint density at radius 2 is 1.96 bits per heavy atom. The second-order valence-electron chi connectivity index (χ2n) is 6.17. The molecule has 1 heterocycles. The number of hydrogen-bond acceptors (Lipinski definition) is 3. The number of nitrogens with zero attached hydrogens (tertiary/aromatic N) is 1. The highest BCUT2D eigenvalue weighted by atomic mass is 35.5. The lowest BCUT2D eigenvalue weighted by Crippen LogP contribution is -2.33. The molecule has 4 nitrogen and oxygen atoms in total. The molecule has 1 atom stereocenters. The van der Waals surface area contributed by atoms with Crippen LogP contribution in [0.1, 0.15) is 26.7 Å². The van der Waals surface area contributed by atoms with Crippen LogP contribution in [-0.4, -0.2) is 32.6 Å². The molecule has 0 spiro atoms. The zero-order chi connectivity index (χ0) is 15.2. The molecule has 1 aromatic carbocycles. The molecule has 0 radical (unpaired) electrons. The van der Waals surface area contributed by atoms with E-state index in [1.165, 1.54) is 18.5 Å². The van der Waals surface area contributed by atoms with Crippen LogP contribution in [0.5, 0.6) is 0 Å². The monoisotopic (exact) mass is 361 g/mol. The molecular weight excluding hydrogens is 333 g/mol. The van der Waals surface area contributed by atoms with Gasteiger partial charge in [-0.1, -0.05) is 19.9 Å². The summed E-state index contributed by atoms with van der Waals surface area (Å²) in [6, 6.07) is 8.19. The lowest BCUT2D eigenvalue weighted by atomic mass is 9.99. The zero-order valence-corrected chi connectivity index (χ0v) is 15.8. The summed E-state index contributed by atoms with van der Waals surface area (Å²) in [5, 5.41) is 6.04. The van der Waals surface area contributed by atoms with Gasteiger partial charge in [-0.15, -0.1) is 24.8 Å². The number of halogens is 2. The van der Waals surface area contributed by atoms with Crippen molar-refractivity contribution in [2.24, 2.45) is 11.8 Å². The summed E-state index contributed by atoms with van der Waals surface area (Å²) in [5.41, 5.74) is 2.10. The summed E-state index contributed by atoms with van der Waals surface area (Å²) >= 11 is 0. The highest BCUT2D eigenvalue weighted by Crippen LogP contribution is 2.25. The van der Waals surface area contributed by atoms with E-state index in [1.54, 1.807) is 0 Å². The molecule has 0 bridgehead atoms. The van der Waals surface area contributed by atoms with E-state index >= 15 is 0 Å². The third kappa shape index (κ3) is 6.58. The Morgan fingerprint density at radius 1 is 1.30 bits per heavy atom. The maximum absolute atomic E-state index is 12.1. The molecule has 0 aromatic heterocycles. The predicted molar refractivity (Wildman–Crippen MR) is 103 cm³/mol. The van der Waals surface area contributed by atoms with Crippen molar-refractivity contribution < 1.29 is 4.79 Å². The van der Waals surface area contributed by atoms with Gasteiger partial charge in [-0.25, -0.2) is 0 Å². The number of carbonyl (C=O) groups is 1. The molecule has 1 aliphatic heterocycles. The van der Waals surface area contributed by atoms with Gasteiger partial charge in [-0.2, -0.15) is 0 Å². The summed E-state index contributed by atoms with van der Waals surface area (Å²) in [4.78, 5) is 14.5. The first-order valence-corrected chi connectivity index (χ1v) is 7.90. The maximum Gasteiger partial charge on any atom is 0.228 e. The Hall–Kier alpha value is -0.970. The van der Waals surface area contributed by atoms with E-state index in [0.29, 0.717) is 6.54 Å². The molecule has 1 unspecified atom stereocenters. The minimum Gasteiger partial charge on any atom is -0.371 e. The molecule has 1 amide bonds. The van der Waals surface area contributed by atoms with Crippen LogP contribution in [0.3, 0.4) is 0 Å². The smallest absolute Gasteiger partial charge is 0.228 e. The quantitative estimate of drug-likeness (QED) is 0.842. The molecule has 2 rings (SSSR count). The molecular formula is C17H29Cl2N3O. The lowest BCUT2D eigenvalue weighted by Gasteiger charge is -2.32. The Kier molecular flexibility index (Phi) is 10.3. The van der Waals surface area contributed by atoms with Gasteiger partial charge in [-0.05, 0) is 44.0 Å². The number of amides is 1. The average Bonchev–Trinajstić information content (AvgIpc) is 2.48. The first-order chi connectivity index (χ1) is 10.1. The van der Waals surface area contributed by atoms with Gasteiger partial charge >= 0.3 is 0 Å². The summed E-state index contributed by atoms with van der Waals surface area (Å²) in [5.74, 6) is 0.856. The zero-order valence-electron chi connectivity index (χ0n) is 14.2. The normalized spacial score (nSPS) is 16.0. The van der Waals surface area contributed by atoms with Crippen LogP contribution in [-0.2, 0) is 4.79 Å². The molecule has 0 saturated carbocycles. The fraction of sp³-hybridized carbons (Fsp3) is 0.588. The van der Waals surface area contributed by atoms with Gasteiger partial charge in [0, 0.05) is 36.9 Å². The average molecular weight is 362 g/mol. The molecule has 0 aliphatic carbocycles. The van der Waals surface area contributed by atoms with Crippen molar-refractivity contribution in [2.75, 3.05) is 36.9 Å². The second-order valence-corrected chi connectivity index (χ2v) is 6.17. The number of hydrogen-bond donors (Lipinski definition) is 2. The van der Waals surface area contributed by atoms with E-state index in [-0.39, 0.29) is 36.6 Å². The SMILES string of the molecule is CNCC(C)C(=O)Nc1cccc(N2CCC(C)CC2)c1.Cl.Cl. The third-order valence-corrected chi connectivity index (χ3v) is 4.22. The molecule has 1 saturated heterocycles. The topological polar surface area (TPSA) is 44.4 Å². The number of benzene rings is 1. The third-order valence-electron chi connectivity index (χ3n) is 4.22. The van der Waals surface area contributed by atoms with Crippen LogP contribution in [0.25, 0.3) is 0 Å². The maximum atomic E-state index is 12.1. The Morgan fingerprint density at radius 3 is 2.57 bits per heavy atom. The van der Waals surface area contributed by atoms with Crippen molar-refractivity contribution in [1.29, 1.82) is 0 Å². The molecule has 1 aromatic rings. The number of piperidine rings is 1. The van der Waals surface area contributed by atoms with E-state index in [4.69, 9.17) is 0 Å². The summed E-state index contributed by atoms with van der Waals surface area (Å²) in [6.07, 6.45) is 2.49. The van der Waals surface area contributed by atoms with E-state index in [0.717, 1.165) is 24.7 Å². The fourth-order valence-electron chi connectivity index (χ4n) is 2.71. The van der Waals surface area contributed by atoms with Crippen molar-refractivity contribution in [3.63, 3.8) is 0 Å². The number of rotatable bonds is 5. The molecule has 1 aliphatic rings. The number of nitrogens with one attached hydrogen (secondary N) is 2. The van der Waals surface area contributed by atoms with Gasteiger partial charge in [0.25, 0.3) is 0 Å². The van der Waals surface area contributed by atoms with E-state index in [1.807, 2.05) is 26.1 Å². The Bertz CT molecular complexity index is 477. The van der Waals surface area contributed by atoms with E-state index in [9.17, 15) is 4.79 Å². The van der Waals surface area contributed by atoms with Crippen LogP contribution in [0.4, 0.5) is 11.4 Å². The van der Waals surface area contributed by atoms with Gasteiger partial charge in [0.2, 0.25) is 5.91 Å². The van der Waals surface area contributed by atoms with Crippen molar-refractivity contribution in [3.8, 4) is 0 Å². The first-order valence-electron chi connectivity index (χ1n) is 7.90. The first kappa shape index (κ1) is 22.0. The molecule has 1 fully saturated rings. The van der Waals surface area contributed by atoms with Gasteiger partial charge in [0.1, 0.15) is 0 Å². The molecule has 6 heteroatoms. The van der Waals surface area contributed by atoms with Crippen LogP contribution in [0.2, 0.25) is 0 Å². The summed E-state index contributed by atoms with van der Waals surface area (Å²) in [7, 11) is 1.86. The molecule has 23 heavy (non-hydrogen) atoms. The number of anilines is 2. The predicted octanol–water partition coefficient (Wildman–Crippen LogP) is 3.56. The Balaban J connectivity index is 0.00000242. The van der Waals surface area contributed by atoms with Crippen LogP contribution in [0, 0.1) is 11.8 Å². The van der Waals surface area contributed by atoms with Gasteiger partial charge < -0.3 is 15.5 Å². The molecule has 132 valence electrons. The van der Waals surface area contributed by atoms with Gasteiger partial charge in [0.05, 0.1) is 0 Å². The lowest BCUT2D eigenvalue weighted by molar-refractivity contribution is -0.119. The fourth-order valence-corrected chi connectivity index (χ4v) is 2.71. The second kappa shape index (κ2) is 10.7. The van der Waals surface area contributed by atoms with Crippen molar-refractivity contribution in [3.05, 3.63) is 24.3 Å². The largest absolute Gasteiger partial charge is 0.371 e. The standard InChI is InChI=1S/C17H27N3O.2ClH/c1-13-7-9-20(10-8-13)16-6-4-5-15(11-16)19-17(21)14(2)12-18-3;;/h4-6,11,13-14,18H,7-10,12H2,1-3H3,(H,19,21);2*1H. The van der Waals surface area contributed by atoms with E-state index < -0.39 is 0 Å². The molecule has 2 N–H and O–H groups in total. The van der Waals surface area contributed by atoms with Gasteiger partial charge in [-0.3, -0.25) is 4.79 Å². The Labute approximate surface area is 152 Å². The van der Waals surface area contributed by atoms with Gasteiger partial charge in [0.15, 0.2) is 0 Å². The van der Waals surface area contributed by atoms with Crippen LogP contribution < -0.4 is 15.5 Å². The summed E-state index contributed by atoms with van der Waals surface area (Å²) in [6.45, 7) is 7.15. The van der Waals surface area contributed by atoms with Crippen molar-refractivity contribution in [1.82, 2.24) is 5.32 Å². The number of carbonyl (C=O) groups excluding carboxylic acids is 1.